The molecule has 25 heavy (non-hydrogen) atoms. The van der Waals surface area contributed by atoms with E-state index in [0.29, 0.717) is 10.9 Å². The van der Waals surface area contributed by atoms with Crippen LogP contribution in [0.3, 0.4) is 0 Å². The van der Waals surface area contributed by atoms with Crippen LogP contribution in [0.15, 0.2) is 35.5 Å². The number of thioether (sulfide) groups is 1. The van der Waals surface area contributed by atoms with Crippen molar-refractivity contribution >= 4 is 35.0 Å². The summed E-state index contributed by atoms with van der Waals surface area (Å²) in [7, 11) is 0. The number of nitrogens with one attached hydrogen (secondary N) is 1. The van der Waals surface area contributed by atoms with Gasteiger partial charge in [-0.1, -0.05) is 29.4 Å². The minimum atomic E-state index is 0.0192. The predicted octanol–water partition coefficient (Wildman–Crippen LogP) is 3.23. The van der Waals surface area contributed by atoms with Crippen molar-refractivity contribution in [3.05, 3.63) is 46.7 Å². The van der Waals surface area contributed by atoms with Gasteiger partial charge >= 0.3 is 0 Å². The molecule has 0 bridgehead atoms. The molecular formula is C18H21ClN4OS. The van der Waals surface area contributed by atoms with Gasteiger partial charge in [0.05, 0.1) is 5.75 Å². The van der Waals surface area contributed by atoms with E-state index in [0.717, 1.165) is 41.6 Å². The normalized spacial score (nSPS) is 16.9. The number of anilines is 1. The predicted molar refractivity (Wildman–Crippen MR) is 102 cm³/mol. The Labute approximate surface area is 157 Å². The molecule has 1 fully saturated rings. The first-order valence-electron chi connectivity index (χ1n) is 8.24. The number of nitrogens with zero attached hydrogens (tertiary/aromatic N) is 3. The maximum Gasteiger partial charge on any atom is 0.230 e. The maximum atomic E-state index is 12.2. The van der Waals surface area contributed by atoms with Gasteiger partial charge in [-0.2, -0.15) is 0 Å². The molecule has 0 spiro atoms. The fourth-order valence-corrected chi connectivity index (χ4v) is 3.89. The molecule has 0 saturated carbocycles. The van der Waals surface area contributed by atoms with Crippen molar-refractivity contribution < 1.29 is 4.79 Å². The summed E-state index contributed by atoms with van der Waals surface area (Å²) < 4.78 is 0. The molecule has 5 nitrogen and oxygen atoms in total. The van der Waals surface area contributed by atoms with Crippen LogP contribution in [0.2, 0.25) is 5.02 Å². The molecule has 1 saturated heterocycles. The first kappa shape index (κ1) is 18.0. The van der Waals surface area contributed by atoms with Crippen LogP contribution >= 0.6 is 23.4 Å². The van der Waals surface area contributed by atoms with Gasteiger partial charge < -0.3 is 10.2 Å². The number of aromatic nitrogens is 2. The summed E-state index contributed by atoms with van der Waals surface area (Å²) in [6.07, 6.45) is 0.934. The van der Waals surface area contributed by atoms with E-state index in [4.69, 9.17) is 11.6 Å². The third-order valence-corrected chi connectivity index (χ3v) is 5.10. The average molecular weight is 377 g/mol. The lowest BCUT2D eigenvalue weighted by molar-refractivity contribution is -0.119. The summed E-state index contributed by atoms with van der Waals surface area (Å²) in [5, 5.41) is 4.49. The highest BCUT2D eigenvalue weighted by molar-refractivity contribution is 7.99. The highest BCUT2D eigenvalue weighted by Gasteiger charge is 2.24. The van der Waals surface area contributed by atoms with Gasteiger partial charge in [-0.25, -0.2) is 9.97 Å². The smallest absolute Gasteiger partial charge is 0.230 e. The summed E-state index contributed by atoms with van der Waals surface area (Å²) in [4.78, 5) is 23.2. The molecular weight excluding hydrogens is 356 g/mol. The second kappa shape index (κ2) is 8.06. The Morgan fingerprint density at radius 3 is 2.80 bits per heavy atom. The largest absolute Gasteiger partial charge is 0.369 e. The molecule has 0 radical (unpaired) electrons. The summed E-state index contributed by atoms with van der Waals surface area (Å²) in [5.74, 6) is 0.349. The molecule has 1 atom stereocenters. The van der Waals surface area contributed by atoms with Crippen LogP contribution in [0.5, 0.6) is 0 Å². The van der Waals surface area contributed by atoms with Crippen molar-refractivity contribution in [3.8, 4) is 0 Å². The van der Waals surface area contributed by atoms with Gasteiger partial charge in [-0.05, 0) is 44.5 Å². The SMILES string of the molecule is Cc1cc(C)nc(SCC(=O)N[C@@H]2CCN(c3cccc(Cl)c3)C2)n1. The van der Waals surface area contributed by atoms with Crippen molar-refractivity contribution in [3.63, 3.8) is 0 Å². The minimum Gasteiger partial charge on any atom is -0.369 e. The molecule has 1 aliphatic rings. The lowest BCUT2D eigenvalue weighted by atomic mass is 10.2. The summed E-state index contributed by atoms with van der Waals surface area (Å²) in [6.45, 7) is 5.58. The summed E-state index contributed by atoms with van der Waals surface area (Å²) >= 11 is 7.43. The van der Waals surface area contributed by atoms with E-state index in [1.165, 1.54) is 11.8 Å². The second-order valence-corrected chi connectivity index (χ2v) is 7.58. The monoisotopic (exact) mass is 376 g/mol. The van der Waals surface area contributed by atoms with E-state index in [9.17, 15) is 4.79 Å². The molecule has 132 valence electrons. The first-order valence-corrected chi connectivity index (χ1v) is 9.61. The number of halogens is 1. The number of hydrogen-bond donors (Lipinski definition) is 1. The van der Waals surface area contributed by atoms with E-state index in [2.05, 4.69) is 20.2 Å². The third kappa shape index (κ3) is 5.09. The van der Waals surface area contributed by atoms with Gasteiger partial charge in [0, 0.05) is 41.2 Å². The second-order valence-electron chi connectivity index (χ2n) is 6.20. The van der Waals surface area contributed by atoms with E-state index in [-0.39, 0.29) is 11.9 Å². The Hall–Kier alpha value is -1.79. The Kier molecular flexibility index (Phi) is 5.81. The van der Waals surface area contributed by atoms with Crippen molar-refractivity contribution in [1.29, 1.82) is 0 Å². The molecule has 3 rings (SSSR count). The molecule has 1 aromatic carbocycles. The van der Waals surface area contributed by atoms with E-state index >= 15 is 0 Å². The number of carbonyl (C=O) groups excluding carboxylic acids is 1. The minimum absolute atomic E-state index is 0.0192. The summed E-state index contributed by atoms with van der Waals surface area (Å²) in [5.41, 5.74) is 2.94. The summed E-state index contributed by atoms with van der Waals surface area (Å²) in [6, 6.07) is 9.90. The van der Waals surface area contributed by atoms with Gasteiger partial charge in [0.2, 0.25) is 5.91 Å². The van der Waals surface area contributed by atoms with Crippen molar-refractivity contribution in [1.82, 2.24) is 15.3 Å². The van der Waals surface area contributed by atoms with Gasteiger partial charge in [-0.15, -0.1) is 0 Å². The zero-order valence-electron chi connectivity index (χ0n) is 14.3. The number of amides is 1. The Bertz CT molecular complexity index is 750. The van der Waals surface area contributed by atoms with E-state index in [1.54, 1.807) is 0 Å². The first-order chi connectivity index (χ1) is 12.0. The van der Waals surface area contributed by atoms with Crippen molar-refractivity contribution in [2.75, 3.05) is 23.7 Å². The highest BCUT2D eigenvalue weighted by Crippen LogP contribution is 2.23. The van der Waals surface area contributed by atoms with Crippen molar-refractivity contribution in [2.45, 2.75) is 31.5 Å². The number of carbonyl (C=O) groups is 1. The standard InChI is InChI=1S/C18H21ClN4OS/c1-12-8-13(2)21-18(20-12)25-11-17(24)22-15-6-7-23(10-15)16-5-3-4-14(19)9-16/h3-5,8-9,15H,6-7,10-11H2,1-2H3,(H,22,24)/t15-/m1/s1. The van der Waals surface area contributed by atoms with Crippen LogP contribution in [-0.2, 0) is 4.79 Å². The van der Waals surface area contributed by atoms with E-state index < -0.39 is 0 Å². The van der Waals surface area contributed by atoms with Gasteiger partial charge in [0.25, 0.3) is 0 Å². The third-order valence-electron chi connectivity index (χ3n) is 4.02. The topological polar surface area (TPSA) is 58.1 Å². The van der Waals surface area contributed by atoms with Gasteiger partial charge in [0.15, 0.2) is 5.16 Å². The molecule has 2 heterocycles. The number of rotatable bonds is 5. The fraction of sp³-hybridized carbons (Fsp3) is 0.389. The zero-order valence-corrected chi connectivity index (χ0v) is 15.9. The molecule has 0 aliphatic carbocycles. The lowest BCUT2D eigenvalue weighted by Gasteiger charge is -2.19. The van der Waals surface area contributed by atoms with Crippen LogP contribution in [0.25, 0.3) is 0 Å². The number of hydrogen-bond acceptors (Lipinski definition) is 5. The Morgan fingerprint density at radius 1 is 1.32 bits per heavy atom. The number of benzene rings is 1. The molecule has 7 heteroatoms. The van der Waals surface area contributed by atoms with Crippen LogP contribution in [-0.4, -0.2) is 40.8 Å². The van der Waals surface area contributed by atoms with E-state index in [1.807, 2.05) is 44.2 Å². The fourth-order valence-electron chi connectivity index (χ4n) is 2.94. The lowest BCUT2D eigenvalue weighted by Crippen LogP contribution is -2.38. The van der Waals surface area contributed by atoms with Crippen LogP contribution in [0.4, 0.5) is 5.69 Å². The number of aryl methyl sites for hydroxylation is 2. The van der Waals surface area contributed by atoms with Gasteiger partial charge in [-0.3, -0.25) is 4.79 Å². The Balaban J connectivity index is 1.49. The van der Waals surface area contributed by atoms with Crippen molar-refractivity contribution in [2.24, 2.45) is 0 Å². The maximum absolute atomic E-state index is 12.2. The molecule has 1 aromatic heterocycles. The molecule has 1 amide bonds. The van der Waals surface area contributed by atoms with Crippen LogP contribution in [0.1, 0.15) is 17.8 Å². The van der Waals surface area contributed by atoms with Crippen LogP contribution in [0, 0.1) is 13.8 Å². The van der Waals surface area contributed by atoms with Crippen LogP contribution < -0.4 is 10.2 Å². The Morgan fingerprint density at radius 2 is 2.08 bits per heavy atom. The molecule has 1 aliphatic heterocycles. The zero-order chi connectivity index (χ0) is 17.8. The molecule has 2 aromatic rings. The average Bonchev–Trinajstić information content (AvgIpc) is 3.00. The van der Waals surface area contributed by atoms with Gasteiger partial charge in [0.1, 0.15) is 0 Å². The molecule has 1 N–H and O–H groups in total. The molecule has 0 unspecified atom stereocenters. The quantitative estimate of drug-likeness (QED) is 0.641. The highest BCUT2D eigenvalue weighted by atomic mass is 35.5.